The fraction of sp³-hybridized carbons (Fsp3) is 0.567. The Hall–Kier alpha value is -2.11. The number of rotatable bonds is 7. The summed E-state index contributed by atoms with van der Waals surface area (Å²) in [7, 11) is 1.84. The molecule has 0 radical (unpaired) electrons. The van der Waals surface area contributed by atoms with Crippen molar-refractivity contribution in [2.24, 2.45) is 11.7 Å². The Morgan fingerprint density at radius 2 is 1.81 bits per heavy atom. The zero-order valence-corrected chi connectivity index (χ0v) is 24.5. The van der Waals surface area contributed by atoms with E-state index in [1.165, 1.54) is 50.7 Å². The van der Waals surface area contributed by atoms with E-state index in [4.69, 9.17) is 17.3 Å². The van der Waals surface area contributed by atoms with Crippen LogP contribution in [0.15, 0.2) is 36.7 Å². The van der Waals surface area contributed by atoms with Crippen molar-refractivity contribution in [3.8, 4) is 5.75 Å². The predicted octanol–water partition coefficient (Wildman–Crippen LogP) is 8.97. The molecule has 3 rings (SSSR count). The van der Waals surface area contributed by atoms with Gasteiger partial charge in [-0.1, -0.05) is 98.6 Å². The van der Waals surface area contributed by atoms with Gasteiger partial charge in [0.2, 0.25) is 0 Å². The van der Waals surface area contributed by atoms with Crippen LogP contribution in [0.5, 0.6) is 5.75 Å². The zero-order chi connectivity index (χ0) is 27.7. The molecule has 0 spiro atoms. The van der Waals surface area contributed by atoms with E-state index in [0.29, 0.717) is 12.2 Å². The second kappa shape index (κ2) is 19.1. The molecule has 2 unspecified atom stereocenters. The van der Waals surface area contributed by atoms with E-state index in [-0.39, 0.29) is 16.3 Å². The van der Waals surface area contributed by atoms with Gasteiger partial charge >= 0.3 is 0 Å². The third kappa shape index (κ3) is 10.1. The molecule has 1 aromatic heterocycles. The molecule has 36 heavy (non-hydrogen) atoms. The summed E-state index contributed by atoms with van der Waals surface area (Å²) >= 11 is 5.96. The summed E-state index contributed by atoms with van der Waals surface area (Å²) in [5, 5.41) is 10.4. The van der Waals surface area contributed by atoms with E-state index in [2.05, 4.69) is 25.8 Å². The van der Waals surface area contributed by atoms with E-state index in [0.717, 1.165) is 17.0 Å². The number of phenols is 1. The Kier molecular flexibility index (Phi) is 17.9. The van der Waals surface area contributed by atoms with Crippen LogP contribution in [0.4, 0.5) is 4.39 Å². The molecule has 1 aliphatic heterocycles. The lowest BCUT2D eigenvalue weighted by molar-refractivity contribution is 0.295. The maximum atomic E-state index is 14.4. The number of hydrogen-bond donors (Lipinski definition) is 2. The van der Waals surface area contributed by atoms with Crippen LogP contribution in [-0.4, -0.2) is 28.6 Å². The highest BCUT2D eigenvalue weighted by Gasteiger charge is 2.30. The highest BCUT2D eigenvalue weighted by Crippen LogP contribution is 2.41. The lowest BCUT2D eigenvalue weighted by Gasteiger charge is -2.28. The fourth-order valence-electron chi connectivity index (χ4n) is 3.90. The molecule has 2 heterocycles. The van der Waals surface area contributed by atoms with E-state index in [1.807, 2.05) is 45.7 Å². The smallest absolute Gasteiger partial charge is 0.142 e. The fourth-order valence-corrected chi connectivity index (χ4v) is 4.06. The summed E-state index contributed by atoms with van der Waals surface area (Å²) in [6.07, 6.45) is 13.6. The Bertz CT molecular complexity index is 904. The Balaban J connectivity index is 0.000000742. The SMILES string of the molecule is CC.CC.CCCCCCC(C)CC.CN1CC=C(N)c2cnccc2C1c1c(F)ccc(Cl)c1O. The van der Waals surface area contributed by atoms with Gasteiger partial charge < -0.3 is 10.8 Å². The molecule has 6 heteroatoms. The van der Waals surface area contributed by atoms with Gasteiger partial charge in [-0.2, -0.15) is 0 Å². The van der Waals surface area contributed by atoms with E-state index in [1.54, 1.807) is 18.5 Å². The summed E-state index contributed by atoms with van der Waals surface area (Å²) < 4.78 is 14.4. The molecule has 0 saturated carbocycles. The number of nitrogens with zero attached hydrogens (tertiary/aromatic N) is 2. The maximum absolute atomic E-state index is 14.4. The third-order valence-electron chi connectivity index (χ3n) is 6.14. The van der Waals surface area contributed by atoms with Crippen LogP contribution in [0.2, 0.25) is 5.02 Å². The number of pyridine rings is 1. The van der Waals surface area contributed by atoms with Gasteiger partial charge in [0.1, 0.15) is 11.6 Å². The van der Waals surface area contributed by atoms with Gasteiger partial charge in [0.05, 0.1) is 16.6 Å². The lowest BCUT2D eigenvalue weighted by atomic mass is 9.93. The number of hydrogen-bond acceptors (Lipinski definition) is 4. The largest absolute Gasteiger partial charge is 0.506 e. The van der Waals surface area contributed by atoms with Gasteiger partial charge in [-0.15, -0.1) is 0 Å². The first-order valence-corrected chi connectivity index (χ1v) is 14.0. The highest BCUT2D eigenvalue weighted by molar-refractivity contribution is 6.32. The Morgan fingerprint density at radius 3 is 2.42 bits per heavy atom. The molecule has 2 aromatic rings. The molecule has 1 aliphatic rings. The monoisotopic (exact) mass is 521 g/mol. The van der Waals surface area contributed by atoms with Crippen LogP contribution in [0.1, 0.15) is 110 Å². The molecular formula is C30H49ClFN3O. The topological polar surface area (TPSA) is 62.4 Å². The summed E-state index contributed by atoms with van der Waals surface area (Å²) in [6, 6.07) is 3.87. The predicted molar refractivity (Wildman–Crippen MR) is 155 cm³/mol. The Morgan fingerprint density at radius 1 is 1.14 bits per heavy atom. The minimum absolute atomic E-state index is 0.116. The van der Waals surface area contributed by atoms with Gasteiger partial charge in [0.15, 0.2) is 0 Å². The van der Waals surface area contributed by atoms with Gasteiger partial charge in [0, 0.05) is 30.2 Å². The average molecular weight is 522 g/mol. The molecule has 0 saturated heterocycles. The number of aromatic hydroxyl groups is 1. The Labute approximate surface area is 224 Å². The van der Waals surface area contributed by atoms with Crippen LogP contribution in [-0.2, 0) is 0 Å². The van der Waals surface area contributed by atoms with Crippen LogP contribution in [0.25, 0.3) is 5.70 Å². The first kappa shape index (κ1) is 33.9. The molecular weight excluding hydrogens is 473 g/mol. The molecule has 0 aliphatic carbocycles. The first-order chi connectivity index (χ1) is 17.3. The molecule has 1 aromatic carbocycles. The zero-order valence-electron chi connectivity index (χ0n) is 23.7. The van der Waals surface area contributed by atoms with Crippen molar-refractivity contribution < 1.29 is 9.50 Å². The van der Waals surface area contributed by atoms with Crippen molar-refractivity contribution in [1.82, 2.24) is 9.88 Å². The van der Waals surface area contributed by atoms with Gasteiger partial charge in [-0.3, -0.25) is 9.88 Å². The van der Waals surface area contributed by atoms with Gasteiger partial charge in [0.25, 0.3) is 0 Å². The molecule has 0 amide bonds. The number of nitrogens with two attached hydrogens (primary N) is 1. The molecule has 0 fully saturated rings. The maximum Gasteiger partial charge on any atom is 0.142 e. The molecule has 2 atom stereocenters. The summed E-state index contributed by atoms with van der Waals surface area (Å²) in [6.45, 7) is 15.4. The van der Waals surface area contributed by atoms with Gasteiger partial charge in [-0.05, 0) is 42.8 Å². The highest BCUT2D eigenvalue weighted by atomic mass is 35.5. The third-order valence-corrected chi connectivity index (χ3v) is 6.44. The number of halogens is 2. The number of aromatic nitrogens is 1. The minimum atomic E-state index is -0.512. The van der Waals surface area contributed by atoms with Crippen LogP contribution in [0, 0.1) is 11.7 Å². The van der Waals surface area contributed by atoms with Crippen LogP contribution < -0.4 is 5.73 Å². The van der Waals surface area contributed by atoms with Crippen LogP contribution >= 0.6 is 11.6 Å². The summed E-state index contributed by atoms with van der Waals surface area (Å²) in [4.78, 5) is 5.98. The molecule has 4 nitrogen and oxygen atoms in total. The van der Waals surface area contributed by atoms with E-state index < -0.39 is 11.9 Å². The van der Waals surface area contributed by atoms with E-state index in [9.17, 15) is 9.50 Å². The second-order valence-electron chi connectivity index (χ2n) is 8.62. The van der Waals surface area contributed by atoms with Crippen molar-refractivity contribution in [3.05, 3.63) is 64.2 Å². The first-order valence-electron chi connectivity index (χ1n) is 13.6. The number of benzene rings is 1. The molecule has 0 bridgehead atoms. The van der Waals surface area contributed by atoms with Crippen molar-refractivity contribution in [2.75, 3.05) is 13.6 Å². The average Bonchev–Trinajstić information content (AvgIpc) is 3.03. The minimum Gasteiger partial charge on any atom is -0.506 e. The van der Waals surface area contributed by atoms with Crippen molar-refractivity contribution in [2.45, 2.75) is 93.0 Å². The number of fused-ring (bicyclic) bond motifs is 1. The van der Waals surface area contributed by atoms with Crippen molar-refractivity contribution in [1.29, 1.82) is 0 Å². The van der Waals surface area contributed by atoms with Gasteiger partial charge in [-0.25, -0.2) is 4.39 Å². The van der Waals surface area contributed by atoms with Crippen molar-refractivity contribution >= 4 is 17.3 Å². The quantitative estimate of drug-likeness (QED) is 0.357. The van der Waals surface area contributed by atoms with Crippen molar-refractivity contribution in [3.63, 3.8) is 0 Å². The molecule has 3 N–H and O–H groups in total. The second-order valence-corrected chi connectivity index (χ2v) is 9.03. The standard InChI is InChI=1S/C16H15ClFN3O.C10H22.2C2H6/c1-21-7-5-13(19)10-8-20-6-4-9(10)15(21)14-12(18)3-2-11(17)16(14)22;1-4-6-7-8-9-10(3)5-2;2*1-2/h2-6,8,15,22H,7,19H2,1H3;10H,4-9H2,1-3H3;2*1-2H3. The number of phenolic OH excluding ortho intramolecular Hbond substituents is 1. The van der Waals surface area contributed by atoms with E-state index >= 15 is 0 Å². The molecule has 204 valence electrons. The summed E-state index contributed by atoms with van der Waals surface area (Å²) in [5.74, 6) is 0.195. The number of likely N-dealkylation sites (N-methyl/N-ethyl adjacent to an activating group) is 1. The normalized spacial score (nSPS) is 15.4. The van der Waals surface area contributed by atoms with Crippen LogP contribution in [0.3, 0.4) is 0 Å². The lowest BCUT2D eigenvalue weighted by Crippen LogP contribution is -2.26. The number of unbranched alkanes of at least 4 members (excludes halogenated alkanes) is 3. The summed E-state index contributed by atoms with van der Waals surface area (Å²) in [5.41, 5.74) is 8.30.